The molecule has 0 bridgehead atoms. The summed E-state index contributed by atoms with van der Waals surface area (Å²) in [6, 6.07) is 4.95. The summed E-state index contributed by atoms with van der Waals surface area (Å²) in [4.78, 5) is 33.3. The second kappa shape index (κ2) is 13.1. The van der Waals surface area contributed by atoms with E-state index in [0.717, 1.165) is 31.3 Å². The molecule has 1 aromatic heterocycles. The number of ketones is 1. The van der Waals surface area contributed by atoms with Crippen molar-refractivity contribution in [3.63, 3.8) is 0 Å². The van der Waals surface area contributed by atoms with E-state index in [1.807, 2.05) is 11.8 Å². The number of benzene rings is 1. The summed E-state index contributed by atoms with van der Waals surface area (Å²) in [6.07, 6.45) is -1.37. The highest BCUT2D eigenvalue weighted by Gasteiger charge is 2.35. The van der Waals surface area contributed by atoms with Crippen molar-refractivity contribution in [3.8, 4) is 0 Å². The number of halogens is 4. The summed E-state index contributed by atoms with van der Waals surface area (Å²) in [7, 11) is 1.53. The van der Waals surface area contributed by atoms with Crippen LogP contribution in [0.15, 0.2) is 42.0 Å². The zero-order valence-electron chi connectivity index (χ0n) is 23.4. The molecule has 41 heavy (non-hydrogen) atoms. The van der Waals surface area contributed by atoms with Crippen LogP contribution in [0.2, 0.25) is 0 Å². The first kappa shape index (κ1) is 30.5. The number of likely N-dealkylation sites (N-methyl/N-ethyl adjacent to an activating group) is 1. The Bertz CT molecular complexity index is 1360. The highest BCUT2D eigenvalue weighted by atomic mass is 19.4. The van der Waals surface area contributed by atoms with Crippen LogP contribution in [0.3, 0.4) is 0 Å². The van der Waals surface area contributed by atoms with Crippen LogP contribution < -0.4 is 5.32 Å². The van der Waals surface area contributed by atoms with Gasteiger partial charge in [0.25, 0.3) is 0 Å². The summed E-state index contributed by atoms with van der Waals surface area (Å²) in [6.45, 7) is 7.49. The van der Waals surface area contributed by atoms with Gasteiger partial charge in [-0.3, -0.25) is 19.5 Å². The van der Waals surface area contributed by atoms with Gasteiger partial charge < -0.3 is 15.0 Å². The van der Waals surface area contributed by atoms with Crippen molar-refractivity contribution in [2.75, 3.05) is 51.8 Å². The molecule has 1 aliphatic heterocycles. The van der Waals surface area contributed by atoms with E-state index in [2.05, 4.69) is 15.2 Å². The van der Waals surface area contributed by atoms with Gasteiger partial charge in [0.15, 0.2) is 5.78 Å². The van der Waals surface area contributed by atoms with E-state index in [1.165, 1.54) is 13.2 Å². The van der Waals surface area contributed by atoms with Crippen LogP contribution in [0.25, 0.3) is 5.57 Å². The number of amides is 1. The molecule has 1 saturated heterocycles. The third-order valence-corrected chi connectivity index (χ3v) is 7.39. The van der Waals surface area contributed by atoms with Crippen LogP contribution >= 0.6 is 0 Å². The number of pyridine rings is 1. The number of carbonyl (C=O) groups is 2. The van der Waals surface area contributed by atoms with Crippen molar-refractivity contribution in [2.24, 2.45) is 0 Å². The van der Waals surface area contributed by atoms with Gasteiger partial charge >= 0.3 is 6.18 Å². The molecule has 11 heteroatoms. The summed E-state index contributed by atoms with van der Waals surface area (Å²) in [5.41, 5.74) is 1.49. The molecular formula is C30H34F4N4O3. The number of nitrogens with zero attached hydrogens (tertiary/aromatic N) is 3. The Hall–Kier alpha value is -3.41. The van der Waals surface area contributed by atoms with Crippen LogP contribution in [0.1, 0.15) is 41.4 Å². The predicted molar refractivity (Wildman–Crippen MR) is 148 cm³/mol. The fraction of sp³-hybridized carbons (Fsp3) is 0.433. The van der Waals surface area contributed by atoms with Crippen molar-refractivity contribution in [1.29, 1.82) is 0 Å². The zero-order valence-corrected chi connectivity index (χ0v) is 23.4. The molecule has 0 saturated carbocycles. The van der Waals surface area contributed by atoms with E-state index in [9.17, 15) is 27.2 Å². The number of hydrogen-bond donors (Lipinski definition) is 1. The van der Waals surface area contributed by atoms with E-state index >= 15 is 0 Å². The van der Waals surface area contributed by atoms with E-state index in [0.29, 0.717) is 41.7 Å². The minimum Gasteiger partial charge on any atom is -0.380 e. The lowest BCUT2D eigenvalue weighted by Crippen LogP contribution is -2.45. The van der Waals surface area contributed by atoms with Crippen LogP contribution in [0, 0.1) is 12.7 Å². The molecule has 2 aromatic rings. The molecular weight excluding hydrogens is 540 g/mol. The fourth-order valence-corrected chi connectivity index (χ4v) is 5.11. The standard InChI is InChI=1S/C30H34F4N4O3/c1-4-37-9-11-38(12-10-37)17-21-14-26(31)28(16-25(21)30(32,33)34)36-29(40)15-20-5-8-27(35-19(20)2)24-7-6-23(39)13-22(24)18-41-3/h5,7-8,13-14,16H,4,6,9-12,15,17-18H2,1-3H3,(H,36,40). The number of anilines is 1. The summed E-state index contributed by atoms with van der Waals surface area (Å²) in [5.74, 6) is -1.62. The van der Waals surface area contributed by atoms with Crippen molar-refractivity contribution in [1.82, 2.24) is 14.8 Å². The SMILES string of the molecule is CCN1CCN(Cc2cc(F)c(NC(=O)Cc3ccc(C4=CCC(=O)C=C4COC)nc3C)cc2C(F)(F)F)CC1. The lowest BCUT2D eigenvalue weighted by molar-refractivity contribution is -0.138. The van der Waals surface area contributed by atoms with E-state index in [-0.39, 0.29) is 37.3 Å². The number of nitrogens with one attached hydrogen (secondary N) is 1. The van der Waals surface area contributed by atoms with Crippen molar-refractivity contribution < 1.29 is 31.9 Å². The van der Waals surface area contributed by atoms with Crippen molar-refractivity contribution in [3.05, 3.63) is 75.9 Å². The third-order valence-electron chi connectivity index (χ3n) is 7.39. The number of allylic oxidation sites excluding steroid dienone is 2. The molecule has 1 N–H and O–H groups in total. The van der Waals surface area contributed by atoms with Crippen LogP contribution in [0.4, 0.5) is 23.2 Å². The summed E-state index contributed by atoms with van der Waals surface area (Å²) < 4.78 is 62.0. The first-order valence-corrected chi connectivity index (χ1v) is 13.5. The smallest absolute Gasteiger partial charge is 0.380 e. The van der Waals surface area contributed by atoms with Gasteiger partial charge in [-0.25, -0.2) is 4.39 Å². The molecule has 2 aliphatic rings. The second-order valence-electron chi connectivity index (χ2n) is 10.3. The molecule has 1 aliphatic carbocycles. The maximum absolute atomic E-state index is 15.0. The van der Waals surface area contributed by atoms with Gasteiger partial charge in [0.2, 0.25) is 5.91 Å². The number of methoxy groups -OCH3 is 1. The quantitative estimate of drug-likeness (QED) is 0.434. The minimum absolute atomic E-state index is 0.0271. The number of hydrogen-bond acceptors (Lipinski definition) is 6. The molecule has 7 nitrogen and oxygen atoms in total. The first-order valence-electron chi connectivity index (χ1n) is 13.5. The first-order chi connectivity index (χ1) is 19.5. The largest absolute Gasteiger partial charge is 0.416 e. The maximum Gasteiger partial charge on any atom is 0.416 e. The normalized spacial score (nSPS) is 16.9. The number of aromatic nitrogens is 1. The number of rotatable bonds is 9. The molecule has 1 aromatic carbocycles. The number of piperazine rings is 1. The average Bonchev–Trinajstić information content (AvgIpc) is 2.91. The molecule has 2 heterocycles. The lowest BCUT2D eigenvalue weighted by Gasteiger charge is -2.34. The zero-order chi connectivity index (χ0) is 29.7. The number of aryl methyl sites for hydroxylation is 1. The summed E-state index contributed by atoms with van der Waals surface area (Å²) in [5, 5.41) is 2.31. The Balaban J connectivity index is 1.48. The Labute approximate surface area is 236 Å². The Morgan fingerprint density at radius 1 is 1.10 bits per heavy atom. The molecule has 1 fully saturated rings. The van der Waals surface area contributed by atoms with Gasteiger partial charge in [-0.05, 0) is 54.4 Å². The van der Waals surface area contributed by atoms with Gasteiger partial charge in [0.05, 0.1) is 30.0 Å². The van der Waals surface area contributed by atoms with Gasteiger partial charge in [0, 0.05) is 57.5 Å². The minimum atomic E-state index is -4.71. The number of carbonyl (C=O) groups excluding carboxylic acids is 2. The van der Waals surface area contributed by atoms with Gasteiger partial charge in [-0.2, -0.15) is 13.2 Å². The van der Waals surface area contributed by atoms with Crippen molar-refractivity contribution >= 4 is 23.0 Å². The summed E-state index contributed by atoms with van der Waals surface area (Å²) >= 11 is 0. The number of alkyl halides is 3. The van der Waals surface area contributed by atoms with Crippen LogP contribution in [-0.2, 0) is 33.5 Å². The van der Waals surface area contributed by atoms with Gasteiger partial charge in [0.1, 0.15) is 5.82 Å². The van der Waals surface area contributed by atoms with E-state index in [1.54, 1.807) is 25.1 Å². The Morgan fingerprint density at radius 2 is 1.80 bits per heavy atom. The predicted octanol–water partition coefficient (Wildman–Crippen LogP) is 4.80. The monoisotopic (exact) mass is 574 g/mol. The van der Waals surface area contributed by atoms with E-state index < -0.39 is 29.2 Å². The Kier molecular flexibility index (Phi) is 9.72. The molecule has 0 radical (unpaired) electrons. The fourth-order valence-electron chi connectivity index (χ4n) is 5.11. The molecule has 0 unspecified atom stereocenters. The highest BCUT2D eigenvalue weighted by molar-refractivity contribution is 6.00. The molecule has 1 amide bonds. The highest BCUT2D eigenvalue weighted by Crippen LogP contribution is 2.36. The van der Waals surface area contributed by atoms with Crippen LogP contribution in [-0.4, -0.2) is 72.9 Å². The lowest BCUT2D eigenvalue weighted by atomic mass is 9.94. The van der Waals surface area contributed by atoms with Gasteiger partial charge in [-0.15, -0.1) is 0 Å². The third kappa shape index (κ3) is 7.66. The molecule has 0 atom stereocenters. The molecule has 0 spiro atoms. The molecule has 4 rings (SSSR count). The second-order valence-corrected chi connectivity index (χ2v) is 10.3. The maximum atomic E-state index is 15.0. The Morgan fingerprint density at radius 3 is 2.44 bits per heavy atom. The molecule has 220 valence electrons. The van der Waals surface area contributed by atoms with Crippen LogP contribution in [0.5, 0.6) is 0 Å². The topological polar surface area (TPSA) is 74.8 Å². The van der Waals surface area contributed by atoms with Crippen molar-refractivity contribution in [2.45, 2.75) is 39.4 Å². The van der Waals surface area contributed by atoms with E-state index in [4.69, 9.17) is 4.74 Å². The number of ether oxygens (including phenoxy) is 1. The average molecular weight is 575 g/mol. The van der Waals surface area contributed by atoms with Gasteiger partial charge in [-0.1, -0.05) is 19.1 Å².